The zero-order valence-corrected chi connectivity index (χ0v) is 12.4. The van der Waals surface area contributed by atoms with Crippen molar-refractivity contribution >= 4 is 23.6 Å². The Morgan fingerprint density at radius 1 is 1.33 bits per heavy atom. The Hall–Kier alpha value is -2.30. The maximum atomic E-state index is 11.8. The number of rotatable bonds is 4. The number of nitrogens with one attached hydrogen (secondary N) is 2. The van der Waals surface area contributed by atoms with Crippen molar-refractivity contribution in [2.45, 2.75) is 18.9 Å². The van der Waals surface area contributed by atoms with Crippen LogP contribution in [-0.2, 0) is 9.59 Å². The molecule has 0 radical (unpaired) electrons. The number of piperidine rings is 1. The second-order valence-corrected chi connectivity index (χ2v) is 5.37. The fraction of sp³-hybridized carbons (Fsp3) is 0.375. The Morgan fingerprint density at radius 3 is 2.62 bits per heavy atom. The van der Waals surface area contributed by atoms with Crippen LogP contribution in [0.4, 0.5) is 5.69 Å². The van der Waals surface area contributed by atoms with Crippen LogP contribution in [0.15, 0.2) is 30.3 Å². The number of amides is 2. The Balaban J connectivity index is 1.85. The molecule has 0 saturated carbocycles. The lowest BCUT2D eigenvalue weighted by Gasteiger charge is -2.22. The SMILES string of the molecule is CN(C)c1ccc(C=CC(=O)NC2CCC(=O)NC2)cc1. The van der Waals surface area contributed by atoms with Crippen LogP contribution in [0.2, 0.25) is 0 Å². The van der Waals surface area contributed by atoms with E-state index in [9.17, 15) is 9.59 Å². The van der Waals surface area contributed by atoms with Crippen molar-refractivity contribution in [2.24, 2.45) is 0 Å². The first-order chi connectivity index (χ1) is 10.0. The largest absolute Gasteiger partial charge is 0.378 e. The lowest BCUT2D eigenvalue weighted by atomic mass is 10.1. The van der Waals surface area contributed by atoms with Crippen LogP contribution in [0.3, 0.4) is 0 Å². The third kappa shape index (κ3) is 4.63. The van der Waals surface area contributed by atoms with Gasteiger partial charge >= 0.3 is 0 Å². The van der Waals surface area contributed by atoms with E-state index in [1.807, 2.05) is 43.3 Å². The van der Waals surface area contributed by atoms with Gasteiger partial charge in [-0.1, -0.05) is 12.1 Å². The summed E-state index contributed by atoms with van der Waals surface area (Å²) in [6, 6.07) is 7.98. The first kappa shape index (κ1) is 15.1. The van der Waals surface area contributed by atoms with Crippen molar-refractivity contribution in [3.8, 4) is 0 Å². The monoisotopic (exact) mass is 287 g/mol. The van der Waals surface area contributed by atoms with Gasteiger partial charge in [0.25, 0.3) is 0 Å². The van der Waals surface area contributed by atoms with Gasteiger partial charge in [-0.2, -0.15) is 0 Å². The van der Waals surface area contributed by atoms with Crippen LogP contribution in [-0.4, -0.2) is 38.5 Å². The molecule has 5 nitrogen and oxygen atoms in total. The molecule has 1 unspecified atom stereocenters. The van der Waals surface area contributed by atoms with Gasteiger partial charge in [0.15, 0.2) is 0 Å². The fourth-order valence-electron chi connectivity index (χ4n) is 2.16. The molecule has 1 saturated heterocycles. The van der Waals surface area contributed by atoms with E-state index < -0.39 is 0 Å². The van der Waals surface area contributed by atoms with Crippen molar-refractivity contribution in [2.75, 3.05) is 25.5 Å². The number of carbonyl (C=O) groups excluding carboxylic acids is 2. The highest BCUT2D eigenvalue weighted by Crippen LogP contribution is 2.13. The van der Waals surface area contributed by atoms with E-state index in [-0.39, 0.29) is 17.9 Å². The van der Waals surface area contributed by atoms with Gasteiger partial charge in [-0.3, -0.25) is 9.59 Å². The van der Waals surface area contributed by atoms with Gasteiger partial charge in [0.05, 0.1) is 0 Å². The lowest BCUT2D eigenvalue weighted by molar-refractivity contribution is -0.124. The molecule has 2 amide bonds. The third-order valence-corrected chi connectivity index (χ3v) is 3.45. The van der Waals surface area contributed by atoms with E-state index in [0.717, 1.165) is 11.3 Å². The maximum Gasteiger partial charge on any atom is 0.244 e. The van der Waals surface area contributed by atoms with Crippen molar-refractivity contribution in [3.63, 3.8) is 0 Å². The summed E-state index contributed by atoms with van der Waals surface area (Å²) in [6.45, 7) is 0.510. The summed E-state index contributed by atoms with van der Waals surface area (Å²) in [6.07, 6.45) is 4.49. The van der Waals surface area contributed by atoms with Crippen molar-refractivity contribution in [1.82, 2.24) is 10.6 Å². The molecule has 0 spiro atoms. The smallest absolute Gasteiger partial charge is 0.244 e. The van der Waals surface area contributed by atoms with Gasteiger partial charge < -0.3 is 15.5 Å². The van der Waals surface area contributed by atoms with E-state index in [1.165, 1.54) is 6.08 Å². The number of hydrogen-bond acceptors (Lipinski definition) is 3. The molecule has 1 aromatic rings. The summed E-state index contributed by atoms with van der Waals surface area (Å²) in [5.74, 6) is -0.0788. The average molecular weight is 287 g/mol. The van der Waals surface area contributed by atoms with Gasteiger partial charge in [0.2, 0.25) is 11.8 Å². The van der Waals surface area contributed by atoms with E-state index in [1.54, 1.807) is 6.08 Å². The molecule has 1 aromatic carbocycles. The summed E-state index contributed by atoms with van der Waals surface area (Å²) in [5, 5.41) is 5.64. The van der Waals surface area contributed by atoms with Crippen LogP contribution < -0.4 is 15.5 Å². The van der Waals surface area contributed by atoms with Gasteiger partial charge in [0.1, 0.15) is 0 Å². The molecule has 0 aromatic heterocycles. The van der Waals surface area contributed by atoms with Crippen molar-refractivity contribution < 1.29 is 9.59 Å². The van der Waals surface area contributed by atoms with Gasteiger partial charge in [-0.05, 0) is 30.2 Å². The highest BCUT2D eigenvalue weighted by atomic mass is 16.2. The van der Waals surface area contributed by atoms with E-state index >= 15 is 0 Å². The second-order valence-electron chi connectivity index (χ2n) is 5.37. The van der Waals surface area contributed by atoms with Gasteiger partial charge in [-0.15, -0.1) is 0 Å². The maximum absolute atomic E-state index is 11.8. The number of benzene rings is 1. The Bertz CT molecular complexity index is 525. The molecule has 2 rings (SSSR count). The summed E-state index contributed by atoms with van der Waals surface area (Å²) >= 11 is 0. The molecular weight excluding hydrogens is 266 g/mol. The third-order valence-electron chi connectivity index (χ3n) is 3.45. The molecule has 0 aliphatic carbocycles. The predicted octanol–water partition coefficient (Wildman–Crippen LogP) is 1.16. The summed E-state index contributed by atoms with van der Waals surface area (Å²) < 4.78 is 0. The molecule has 5 heteroatoms. The van der Waals surface area contributed by atoms with Crippen LogP contribution in [0.1, 0.15) is 18.4 Å². The number of carbonyl (C=O) groups is 2. The van der Waals surface area contributed by atoms with E-state index in [4.69, 9.17) is 0 Å². The highest BCUT2D eigenvalue weighted by Gasteiger charge is 2.18. The van der Waals surface area contributed by atoms with Crippen molar-refractivity contribution in [1.29, 1.82) is 0 Å². The molecule has 112 valence electrons. The highest BCUT2D eigenvalue weighted by molar-refractivity contribution is 5.92. The topological polar surface area (TPSA) is 61.4 Å². The zero-order chi connectivity index (χ0) is 15.2. The van der Waals surface area contributed by atoms with Crippen LogP contribution in [0, 0.1) is 0 Å². The Morgan fingerprint density at radius 2 is 2.05 bits per heavy atom. The number of nitrogens with zero attached hydrogens (tertiary/aromatic N) is 1. The average Bonchev–Trinajstić information content (AvgIpc) is 2.48. The molecule has 1 fully saturated rings. The minimum Gasteiger partial charge on any atom is -0.378 e. The fourth-order valence-corrected chi connectivity index (χ4v) is 2.16. The molecule has 2 N–H and O–H groups in total. The quantitative estimate of drug-likeness (QED) is 0.817. The molecule has 1 aliphatic rings. The van der Waals surface area contributed by atoms with E-state index in [2.05, 4.69) is 10.6 Å². The molecular formula is C16H21N3O2. The second kappa shape index (κ2) is 6.92. The molecule has 1 atom stereocenters. The number of anilines is 1. The summed E-state index contributed by atoms with van der Waals surface area (Å²) in [5.41, 5.74) is 2.10. The molecule has 1 aliphatic heterocycles. The van der Waals surface area contributed by atoms with Crippen LogP contribution in [0.5, 0.6) is 0 Å². The van der Waals surface area contributed by atoms with Crippen LogP contribution >= 0.6 is 0 Å². The van der Waals surface area contributed by atoms with Gasteiger partial charge in [-0.25, -0.2) is 0 Å². The minimum atomic E-state index is -0.132. The van der Waals surface area contributed by atoms with Gasteiger partial charge in [0, 0.05) is 44.9 Å². The Labute approximate surface area is 125 Å². The first-order valence-electron chi connectivity index (χ1n) is 7.07. The standard InChI is InChI=1S/C16H21N3O2/c1-19(2)14-7-3-12(4-8-14)5-9-16(21)18-13-6-10-15(20)17-11-13/h3-5,7-9,13H,6,10-11H2,1-2H3,(H,17,20)(H,18,21). The van der Waals surface area contributed by atoms with E-state index in [0.29, 0.717) is 19.4 Å². The van der Waals surface area contributed by atoms with Crippen LogP contribution in [0.25, 0.3) is 6.08 Å². The normalized spacial score (nSPS) is 18.4. The van der Waals surface area contributed by atoms with Crippen molar-refractivity contribution in [3.05, 3.63) is 35.9 Å². The molecule has 21 heavy (non-hydrogen) atoms. The summed E-state index contributed by atoms with van der Waals surface area (Å²) in [4.78, 5) is 24.9. The predicted molar refractivity (Wildman–Crippen MR) is 84.0 cm³/mol. The Kier molecular flexibility index (Phi) is 4.98. The minimum absolute atomic E-state index is 0.0240. The zero-order valence-electron chi connectivity index (χ0n) is 12.4. The molecule has 1 heterocycles. The molecule has 0 bridgehead atoms. The number of hydrogen-bond donors (Lipinski definition) is 2. The lowest BCUT2D eigenvalue weighted by Crippen LogP contribution is -2.47. The first-order valence-corrected chi connectivity index (χ1v) is 7.07. The summed E-state index contributed by atoms with van der Waals surface area (Å²) in [7, 11) is 3.97.